The van der Waals surface area contributed by atoms with Gasteiger partial charge in [-0.2, -0.15) is 0 Å². The van der Waals surface area contributed by atoms with Gasteiger partial charge in [-0.25, -0.2) is 13.1 Å². The maximum atomic E-state index is 12.0. The van der Waals surface area contributed by atoms with Crippen molar-refractivity contribution in [2.24, 2.45) is 10.7 Å². The van der Waals surface area contributed by atoms with Crippen LogP contribution in [0.5, 0.6) is 0 Å². The third-order valence-electron chi connectivity index (χ3n) is 3.94. The van der Waals surface area contributed by atoms with E-state index in [0.717, 1.165) is 36.1 Å². The van der Waals surface area contributed by atoms with Crippen LogP contribution in [-0.4, -0.2) is 45.9 Å². The maximum Gasteiger partial charge on any atom is 0.213 e. The highest BCUT2D eigenvalue weighted by Crippen LogP contribution is 2.13. The third-order valence-corrected chi connectivity index (χ3v) is 5.27. The van der Waals surface area contributed by atoms with Crippen LogP contribution in [0.2, 0.25) is 0 Å². The lowest BCUT2D eigenvalue weighted by Crippen LogP contribution is -2.37. The molecule has 0 radical (unpaired) electrons. The minimum absolute atomic E-state index is 0. The molecule has 1 saturated heterocycles. The molecule has 1 unspecified atom stereocenters. The molecule has 26 heavy (non-hydrogen) atoms. The Kier molecular flexibility index (Phi) is 9.83. The van der Waals surface area contributed by atoms with E-state index in [4.69, 9.17) is 10.5 Å². The SMILES string of the molecule is Cc1cc(C)cc(NC(N)=NCCS(=O)(=O)NCC2CCCCO2)c1.I. The van der Waals surface area contributed by atoms with Crippen molar-refractivity contribution < 1.29 is 13.2 Å². The van der Waals surface area contributed by atoms with Gasteiger partial charge in [0, 0.05) is 18.8 Å². The van der Waals surface area contributed by atoms with Gasteiger partial charge in [-0.05, 0) is 56.4 Å². The summed E-state index contributed by atoms with van der Waals surface area (Å²) in [6.45, 7) is 5.13. The van der Waals surface area contributed by atoms with Crippen LogP contribution in [-0.2, 0) is 14.8 Å². The molecule has 0 spiro atoms. The van der Waals surface area contributed by atoms with Crippen molar-refractivity contribution in [3.8, 4) is 0 Å². The van der Waals surface area contributed by atoms with E-state index >= 15 is 0 Å². The predicted molar refractivity (Wildman–Crippen MR) is 117 cm³/mol. The zero-order valence-corrected chi connectivity index (χ0v) is 18.5. The standard InChI is InChI=1S/C17H28N4O3S.HI/c1-13-9-14(2)11-15(10-13)21-17(18)19-6-8-25(22,23)20-12-16-5-3-4-7-24-16;/h9-11,16,20H,3-8,12H2,1-2H3,(H3,18,19,21);1H. The second-order valence-corrected chi connectivity index (χ2v) is 8.35. The molecule has 1 aromatic rings. The van der Waals surface area contributed by atoms with Crippen LogP contribution in [0.15, 0.2) is 23.2 Å². The lowest BCUT2D eigenvalue weighted by atomic mass is 10.1. The molecule has 0 aromatic heterocycles. The monoisotopic (exact) mass is 496 g/mol. The number of aryl methyl sites for hydroxylation is 2. The number of halogens is 1. The lowest BCUT2D eigenvalue weighted by molar-refractivity contribution is 0.0200. The molecule has 1 fully saturated rings. The molecule has 0 bridgehead atoms. The van der Waals surface area contributed by atoms with Gasteiger partial charge in [0.1, 0.15) is 0 Å². The second kappa shape index (κ2) is 11.1. The fourth-order valence-electron chi connectivity index (χ4n) is 2.78. The number of hydrogen-bond acceptors (Lipinski definition) is 4. The Morgan fingerprint density at radius 2 is 1.96 bits per heavy atom. The summed E-state index contributed by atoms with van der Waals surface area (Å²) in [6.07, 6.45) is 3.00. The van der Waals surface area contributed by atoms with E-state index in [1.54, 1.807) is 0 Å². The fourth-order valence-corrected chi connectivity index (χ4v) is 3.70. The number of anilines is 1. The Balaban J connectivity index is 0.00000338. The average molecular weight is 496 g/mol. The number of nitrogens with zero attached hydrogens (tertiary/aromatic N) is 1. The van der Waals surface area contributed by atoms with Crippen LogP contribution < -0.4 is 15.8 Å². The summed E-state index contributed by atoms with van der Waals surface area (Å²) in [7, 11) is -3.38. The van der Waals surface area contributed by atoms with Crippen molar-refractivity contribution in [3.63, 3.8) is 0 Å². The molecule has 7 nitrogen and oxygen atoms in total. The van der Waals surface area contributed by atoms with Gasteiger partial charge in [0.25, 0.3) is 0 Å². The van der Waals surface area contributed by atoms with Gasteiger partial charge in [-0.3, -0.25) is 4.99 Å². The summed E-state index contributed by atoms with van der Waals surface area (Å²) in [5.74, 6) is 0.102. The number of nitrogens with two attached hydrogens (primary N) is 1. The fraction of sp³-hybridized carbons (Fsp3) is 0.588. The molecule has 1 atom stereocenters. The Hall–Kier alpha value is -0.910. The van der Waals surface area contributed by atoms with Gasteiger partial charge in [-0.1, -0.05) is 6.07 Å². The highest BCUT2D eigenvalue weighted by atomic mass is 127. The van der Waals surface area contributed by atoms with Crippen LogP contribution in [0.1, 0.15) is 30.4 Å². The van der Waals surface area contributed by atoms with Crippen molar-refractivity contribution in [2.75, 3.05) is 30.8 Å². The van der Waals surface area contributed by atoms with Gasteiger partial charge in [0.05, 0.1) is 18.4 Å². The Labute approximate surface area is 173 Å². The highest BCUT2D eigenvalue weighted by molar-refractivity contribution is 14.0. The molecular weight excluding hydrogens is 467 g/mol. The summed E-state index contributed by atoms with van der Waals surface area (Å²) in [6, 6.07) is 5.97. The van der Waals surface area contributed by atoms with Crippen LogP contribution >= 0.6 is 24.0 Å². The molecule has 9 heteroatoms. The Bertz CT molecular complexity index is 684. The van der Waals surface area contributed by atoms with Gasteiger partial charge in [-0.15, -0.1) is 24.0 Å². The van der Waals surface area contributed by atoms with Crippen molar-refractivity contribution in [2.45, 2.75) is 39.2 Å². The summed E-state index contributed by atoms with van der Waals surface area (Å²) < 4.78 is 32.1. The average Bonchev–Trinajstić information content (AvgIpc) is 2.53. The van der Waals surface area contributed by atoms with E-state index in [9.17, 15) is 8.42 Å². The molecule has 0 aliphatic carbocycles. The van der Waals surface area contributed by atoms with E-state index in [1.165, 1.54) is 0 Å². The molecule has 1 aromatic carbocycles. The van der Waals surface area contributed by atoms with Crippen molar-refractivity contribution in [1.82, 2.24) is 4.72 Å². The first-order valence-electron chi connectivity index (χ1n) is 8.58. The number of ether oxygens (including phenoxy) is 1. The van der Waals surface area contributed by atoms with Crippen LogP contribution in [0.3, 0.4) is 0 Å². The van der Waals surface area contributed by atoms with Crippen LogP contribution in [0, 0.1) is 13.8 Å². The molecular formula is C17H29IN4O3S. The number of aliphatic imine (C=N–C) groups is 1. The number of hydrogen-bond donors (Lipinski definition) is 3. The van der Waals surface area contributed by atoms with Crippen LogP contribution in [0.4, 0.5) is 5.69 Å². The first-order valence-corrected chi connectivity index (χ1v) is 10.2. The Morgan fingerprint density at radius 1 is 1.27 bits per heavy atom. The number of rotatable bonds is 7. The molecule has 0 amide bonds. The topological polar surface area (TPSA) is 106 Å². The third kappa shape index (κ3) is 8.65. The second-order valence-electron chi connectivity index (χ2n) is 6.42. The number of guanidine groups is 1. The lowest BCUT2D eigenvalue weighted by Gasteiger charge is -2.22. The molecule has 4 N–H and O–H groups in total. The first-order chi connectivity index (χ1) is 11.8. The van der Waals surface area contributed by atoms with Crippen molar-refractivity contribution >= 4 is 45.6 Å². The first kappa shape index (κ1) is 23.1. The summed E-state index contributed by atoms with van der Waals surface area (Å²) >= 11 is 0. The maximum absolute atomic E-state index is 12.0. The van der Waals surface area contributed by atoms with Gasteiger partial charge >= 0.3 is 0 Å². The summed E-state index contributed by atoms with van der Waals surface area (Å²) in [5, 5.41) is 2.99. The highest BCUT2D eigenvalue weighted by Gasteiger charge is 2.17. The largest absolute Gasteiger partial charge is 0.377 e. The predicted octanol–water partition coefficient (Wildman–Crippen LogP) is 2.14. The van der Waals surface area contributed by atoms with E-state index in [-0.39, 0.29) is 48.3 Å². The zero-order chi connectivity index (χ0) is 18.3. The quantitative estimate of drug-likeness (QED) is 0.305. The number of sulfonamides is 1. The van der Waals surface area contributed by atoms with Gasteiger partial charge < -0.3 is 15.8 Å². The number of benzene rings is 1. The van der Waals surface area contributed by atoms with E-state index in [0.29, 0.717) is 13.2 Å². The molecule has 0 saturated carbocycles. The van der Waals surface area contributed by atoms with Crippen molar-refractivity contribution in [1.29, 1.82) is 0 Å². The zero-order valence-electron chi connectivity index (χ0n) is 15.3. The van der Waals surface area contributed by atoms with E-state index < -0.39 is 10.0 Å². The van der Waals surface area contributed by atoms with Gasteiger partial charge in [0.15, 0.2) is 5.96 Å². The smallest absolute Gasteiger partial charge is 0.213 e. The molecule has 148 valence electrons. The van der Waals surface area contributed by atoms with E-state index in [1.807, 2.05) is 26.0 Å². The van der Waals surface area contributed by atoms with E-state index in [2.05, 4.69) is 21.1 Å². The van der Waals surface area contributed by atoms with Crippen LogP contribution in [0.25, 0.3) is 0 Å². The molecule has 2 rings (SSSR count). The minimum atomic E-state index is -3.38. The normalized spacial score (nSPS) is 18.2. The minimum Gasteiger partial charge on any atom is -0.377 e. The molecule has 1 aliphatic rings. The van der Waals surface area contributed by atoms with Gasteiger partial charge in [0.2, 0.25) is 10.0 Å². The summed E-state index contributed by atoms with van der Waals surface area (Å²) in [5.41, 5.74) is 8.91. The molecule has 1 aliphatic heterocycles. The van der Waals surface area contributed by atoms with Crippen molar-refractivity contribution in [3.05, 3.63) is 29.3 Å². The Morgan fingerprint density at radius 3 is 2.58 bits per heavy atom. The number of nitrogens with one attached hydrogen (secondary N) is 2. The summed E-state index contributed by atoms with van der Waals surface area (Å²) in [4.78, 5) is 4.09. The molecule has 1 heterocycles.